The zero-order valence-electron chi connectivity index (χ0n) is 11.4. The van der Waals surface area contributed by atoms with Gasteiger partial charge in [-0.1, -0.05) is 20.8 Å². The van der Waals surface area contributed by atoms with Crippen LogP contribution in [0.15, 0.2) is 29.1 Å². The Balaban J connectivity index is 2.71. The number of hydrogen-bond donors (Lipinski definition) is 2. The lowest BCUT2D eigenvalue weighted by Gasteiger charge is -2.17. The van der Waals surface area contributed by atoms with Crippen LogP contribution < -0.4 is 5.56 Å². The third-order valence-electron chi connectivity index (χ3n) is 2.94. The molecule has 0 aliphatic carbocycles. The molecule has 20 heavy (non-hydrogen) atoms. The van der Waals surface area contributed by atoms with Crippen molar-refractivity contribution in [1.29, 1.82) is 0 Å². The number of H-pyrrole nitrogens is 1. The van der Waals surface area contributed by atoms with Crippen molar-refractivity contribution in [1.82, 2.24) is 9.78 Å². The number of halogens is 1. The number of benzene rings is 1. The lowest BCUT2D eigenvalue weighted by molar-refractivity contribution is 0.0692. The average molecular weight is 278 g/mol. The van der Waals surface area contributed by atoms with Crippen LogP contribution in [-0.4, -0.2) is 20.9 Å². The third kappa shape index (κ3) is 2.36. The molecule has 0 radical (unpaired) electrons. The Morgan fingerprint density at radius 1 is 1.25 bits per heavy atom. The number of rotatable bonds is 2. The summed E-state index contributed by atoms with van der Waals surface area (Å²) in [5.74, 6) is -1.71. The van der Waals surface area contributed by atoms with Crippen LogP contribution in [-0.2, 0) is 5.41 Å². The van der Waals surface area contributed by atoms with Gasteiger partial charge in [0.25, 0.3) is 5.56 Å². The van der Waals surface area contributed by atoms with E-state index in [2.05, 4.69) is 5.10 Å². The SMILES string of the molecule is CC(C)(C)c1[nH]n(-c2ccc(F)cc2)c(=O)c1C(=O)O. The molecule has 0 saturated carbocycles. The molecule has 1 aromatic heterocycles. The molecule has 0 spiro atoms. The van der Waals surface area contributed by atoms with Crippen LogP contribution in [0.2, 0.25) is 0 Å². The van der Waals surface area contributed by atoms with Crippen LogP contribution in [0.25, 0.3) is 5.69 Å². The highest BCUT2D eigenvalue weighted by Crippen LogP contribution is 2.23. The van der Waals surface area contributed by atoms with Crippen LogP contribution in [0.4, 0.5) is 4.39 Å². The Morgan fingerprint density at radius 2 is 1.80 bits per heavy atom. The quantitative estimate of drug-likeness (QED) is 0.885. The summed E-state index contributed by atoms with van der Waals surface area (Å²) in [6.07, 6.45) is 0. The lowest BCUT2D eigenvalue weighted by Crippen LogP contribution is -2.22. The molecule has 5 nitrogen and oxygen atoms in total. The van der Waals surface area contributed by atoms with E-state index >= 15 is 0 Å². The van der Waals surface area contributed by atoms with E-state index in [0.717, 1.165) is 4.68 Å². The number of aromatic nitrogens is 2. The van der Waals surface area contributed by atoms with Crippen molar-refractivity contribution in [2.75, 3.05) is 0 Å². The maximum Gasteiger partial charge on any atom is 0.343 e. The van der Waals surface area contributed by atoms with Gasteiger partial charge in [-0.15, -0.1) is 0 Å². The number of carbonyl (C=O) groups is 1. The molecule has 2 N–H and O–H groups in total. The number of carboxylic acids is 1. The molecule has 1 aromatic carbocycles. The molecule has 0 aliphatic heterocycles. The molecule has 0 bridgehead atoms. The first-order chi connectivity index (χ1) is 9.21. The van der Waals surface area contributed by atoms with E-state index < -0.39 is 22.8 Å². The summed E-state index contributed by atoms with van der Waals surface area (Å²) in [6, 6.07) is 5.23. The molecule has 0 amide bonds. The van der Waals surface area contributed by atoms with Crippen LogP contribution in [0.3, 0.4) is 0 Å². The maximum atomic E-state index is 12.9. The van der Waals surface area contributed by atoms with Crippen LogP contribution in [0.1, 0.15) is 36.8 Å². The zero-order valence-corrected chi connectivity index (χ0v) is 11.4. The monoisotopic (exact) mass is 278 g/mol. The third-order valence-corrected chi connectivity index (χ3v) is 2.94. The van der Waals surface area contributed by atoms with E-state index in [4.69, 9.17) is 0 Å². The highest BCUT2D eigenvalue weighted by atomic mass is 19.1. The second-order valence-corrected chi connectivity index (χ2v) is 5.53. The minimum absolute atomic E-state index is 0.290. The van der Waals surface area contributed by atoms with Gasteiger partial charge >= 0.3 is 5.97 Å². The maximum absolute atomic E-state index is 12.9. The van der Waals surface area contributed by atoms with Gasteiger partial charge < -0.3 is 5.11 Å². The molecule has 1 heterocycles. The molecule has 0 atom stereocenters. The second-order valence-electron chi connectivity index (χ2n) is 5.53. The molecule has 0 aliphatic rings. The summed E-state index contributed by atoms with van der Waals surface area (Å²) in [4.78, 5) is 23.5. The summed E-state index contributed by atoms with van der Waals surface area (Å²) >= 11 is 0. The van der Waals surface area contributed by atoms with Crippen molar-refractivity contribution in [3.05, 3.63) is 51.7 Å². The molecular formula is C14H15FN2O3. The largest absolute Gasteiger partial charge is 0.477 e. The summed E-state index contributed by atoms with van der Waals surface area (Å²) in [5.41, 5.74) is -0.761. The van der Waals surface area contributed by atoms with Crippen LogP contribution >= 0.6 is 0 Å². The molecule has 106 valence electrons. The van der Waals surface area contributed by atoms with Crippen molar-refractivity contribution in [2.24, 2.45) is 0 Å². The fourth-order valence-corrected chi connectivity index (χ4v) is 1.95. The molecule has 6 heteroatoms. The highest BCUT2D eigenvalue weighted by Gasteiger charge is 2.28. The van der Waals surface area contributed by atoms with Crippen molar-refractivity contribution in [2.45, 2.75) is 26.2 Å². The van der Waals surface area contributed by atoms with Crippen molar-refractivity contribution in [3.8, 4) is 5.69 Å². The van der Waals surface area contributed by atoms with E-state index in [0.29, 0.717) is 11.4 Å². The Labute approximate surface area is 114 Å². The fraction of sp³-hybridized carbons (Fsp3) is 0.286. The van der Waals surface area contributed by atoms with Gasteiger partial charge in [-0.25, -0.2) is 13.9 Å². The predicted molar refractivity (Wildman–Crippen MR) is 72.0 cm³/mol. The van der Waals surface area contributed by atoms with E-state index in [1.165, 1.54) is 24.3 Å². The average Bonchev–Trinajstić information content (AvgIpc) is 2.68. The number of aromatic carboxylic acids is 1. The van der Waals surface area contributed by atoms with E-state index in [-0.39, 0.29) is 5.56 Å². The molecule has 2 rings (SSSR count). The van der Waals surface area contributed by atoms with E-state index in [1.807, 2.05) is 0 Å². The van der Waals surface area contributed by atoms with Gasteiger partial charge in [0, 0.05) is 5.41 Å². The molecular weight excluding hydrogens is 263 g/mol. The normalized spacial score (nSPS) is 11.6. The van der Waals surface area contributed by atoms with Gasteiger partial charge in [0.05, 0.1) is 11.4 Å². The topological polar surface area (TPSA) is 75.1 Å². The fourth-order valence-electron chi connectivity index (χ4n) is 1.95. The Bertz CT molecular complexity index is 706. The number of carboxylic acid groups (broad SMARTS) is 1. The molecule has 0 fully saturated rings. The highest BCUT2D eigenvalue weighted by molar-refractivity contribution is 5.89. The van der Waals surface area contributed by atoms with Crippen molar-refractivity contribution >= 4 is 5.97 Å². The number of aromatic amines is 1. The first-order valence-corrected chi connectivity index (χ1v) is 6.06. The smallest absolute Gasteiger partial charge is 0.343 e. The molecule has 2 aromatic rings. The van der Waals surface area contributed by atoms with Gasteiger partial charge in [0.2, 0.25) is 0 Å². The zero-order chi connectivity index (χ0) is 15.1. The second kappa shape index (κ2) is 4.63. The lowest BCUT2D eigenvalue weighted by atomic mass is 9.89. The minimum atomic E-state index is -1.28. The molecule has 0 unspecified atom stereocenters. The van der Waals surface area contributed by atoms with Crippen LogP contribution in [0, 0.1) is 5.82 Å². The van der Waals surface area contributed by atoms with Gasteiger partial charge in [-0.2, -0.15) is 0 Å². The first kappa shape index (κ1) is 14.0. The summed E-state index contributed by atoms with van der Waals surface area (Å²) < 4.78 is 14.0. The van der Waals surface area contributed by atoms with E-state index in [1.54, 1.807) is 20.8 Å². The van der Waals surface area contributed by atoms with Crippen LogP contribution in [0.5, 0.6) is 0 Å². The van der Waals surface area contributed by atoms with Crippen molar-refractivity contribution in [3.63, 3.8) is 0 Å². The standard InChI is InChI=1S/C14H15FN2O3/c1-14(2,3)11-10(13(19)20)12(18)17(16-11)9-6-4-8(15)5-7-9/h4-7,16H,1-3H3,(H,19,20). The number of nitrogens with one attached hydrogen (secondary N) is 1. The number of nitrogens with zero attached hydrogens (tertiary/aromatic N) is 1. The summed E-state index contributed by atoms with van der Waals surface area (Å²) in [6.45, 7) is 5.42. The summed E-state index contributed by atoms with van der Waals surface area (Å²) in [5, 5.41) is 12.0. The van der Waals surface area contributed by atoms with Gasteiger partial charge in [0.15, 0.2) is 0 Å². The van der Waals surface area contributed by atoms with Gasteiger partial charge in [0.1, 0.15) is 11.4 Å². The first-order valence-electron chi connectivity index (χ1n) is 6.06. The molecule has 0 saturated heterocycles. The van der Waals surface area contributed by atoms with E-state index in [9.17, 15) is 19.1 Å². The minimum Gasteiger partial charge on any atom is -0.477 e. The van der Waals surface area contributed by atoms with Gasteiger partial charge in [-0.3, -0.25) is 9.89 Å². The Morgan fingerprint density at radius 3 is 2.20 bits per heavy atom. The van der Waals surface area contributed by atoms with Crippen molar-refractivity contribution < 1.29 is 14.3 Å². The predicted octanol–water partition coefficient (Wildman–Crippen LogP) is 2.30. The summed E-state index contributed by atoms with van der Waals surface area (Å²) in [7, 11) is 0. The Hall–Kier alpha value is -2.37. The number of hydrogen-bond acceptors (Lipinski definition) is 2. The Kier molecular flexibility index (Phi) is 3.25. The van der Waals surface area contributed by atoms with Gasteiger partial charge in [-0.05, 0) is 24.3 Å².